The Balaban J connectivity index is 1.42. The van der Waals surface area contributed by atoms with Gasteiger partial charge >= 0.3 is 0 Å². The summed E-state index contributed by atoms with van der Waals surface area (Å²) in [6, 6.07) is 31.5. The van der Waals surface area contributed by atoms with Gasteiger partial charge in [0.25, 0.3) is 5.91 Å². The number of amides is 3. The Morgan fingerprint density at radius 1 is 0.846 bits per heavy atom. The van der Waals surface area contributed by atoms with Crippen molar-refractivity contribution in [3.8, 4) is 11.1 Å². The minimum atomic E-state index is -0.934. The maximum absolute atomic E-state index is 13.8. The van der Waals surface area contributed by atoms with E-state index < -0.39 is 17.9 Å². The van der Waals surface area contributed by atoms with Crippen LogP contribution in [0.15, 0.2) is 103 Å². The molecule has 1 unspecified atom stereocenters. The van der Waals surface area contributed by atoms with Gasteiger partial charge < -0.3 is 11.1 Å². The fourth-order valence-corrected chi connectivity index (χ4v) is 5.35. The summed E-state index contributed by atoms with van der Waals surface area (Å²) in [5.74, 6) is -1.88. The minimum absolute atomic E-state index is 0.158. The Labute approximate surface area is 228 Å². The second kappa shape index (κ2) is 11.0. The van der Waals surface area contributed by atoms with E-state index >= 15 is 0 Å². The summed E-state index contributed by atoms with van der Waals surface area (Å²) < 4.78 is 0. The van der Waals surface area contributed by atoms with Crippen LogP contribution >= 0.6 is 0 Å². The van der Waals surface area contributed by atoms with Crippen LogP contribution < -0.4 is 16.0 Å². The first-order valence-corrected chi connectivity index (χ1v) is 13.1. The average Bonchev–Trinajstić information content (AvgIpc) is 3.05. The normalized spacial score (nSPS) is 15.2. The molecule has 6 heteroatoms. The number of hydrogen-bond donors (Lipinski definition) is 2. The van der Waals surface area contributed by atoms with Gasteiger partial charge in [-0.2, -0.15) is 0 Å². The number of rotatable bonds is 6. The largest absolute Gasteiger partial charge is 0.398 e. The number of benzene rings is 4. The Morgan fingerprint density at radius 2 is 1.44 bits per heavy atom. The number of nitrogens with two attached hydrogens (primary N) is 1. The van der Waals surface area contributed by atoms with Gasteiger partial charge in [0.1, 0.15) is 6.04 Å². The lowest BCUT2D eigenvalue weighted by molar-refractivity contribution is -0.131. The van der Waals surface area contributed by atoms with Crippen LogP contribution in [0.4, 0.5) is 11.4 Å². The van der Waals surface area contributed by atoms with Crippen molar-refractivity contribution in [2.24, 2.45) is 0 Å². The van der Waals surface area contributed by atoms with E-state index in [4.69, 9.17) is 5.73 Å². The molecule has 4 aromatic carbocycles. The van der Waals surface area contributed by atoms with Gasteiger partial charge in [-0.15, -0.1) is 0 Å². The lowest BCUT2D eigenvalue weighted by Crippen LogP contribution is -2.50. The summed E-state index contributed by atoms with van der Waals surface area (Å²) in [7, 11) is 0. The molecule has 0 fully saturated rings. The van der Waals surface area contributed by atoms with Crippen molar-refractivity contribution in [1.82, 2.24) is 5.32 Å². The molecule has 3 amide bonds. The molecular formula is C33H31N3O3. The van der Waals surface area contributed by atoms with Crippen LogP contribution in [0, 0.1) is 0 Å². The van der Waals surface area contributed by atoms with Crippen LogP contribution in [0.1, 0.15) is 48.8 Å². The molecule has 3 N–H and O–H groups in total. The fraction of sp³-hybridized carbons (Fsp3) is 0.182. The third kappa shape index (κ3) is 5.06. The zero-order chi connectivity index (χ0) is 27.5. The molecule has 2 atom stereocenters. The molecule has 1 aliphatic heterocycles. The minimum Gasteiger partial charge on any atom is -0.398 e. The standard InChI is InChI=1S/C33H31N3O3/c1-21-25-16-9-10-17-26(25)31-28(34)18-11-19-29(31)36(32(21)38)33(39)22(2)35-30(37)20-27(23-12-5-3-6-13-23)24-14-7-4-8-15-24/h3-19,21-22,27H,20,34H2,1-2H3,(H,35,37)/t21?,22-/m0/s1. The maximum Gasteiger partial charge on any atom is 0.256 e. The molecule has 0 aliphatic carbocycles. The van der Waals surface area contributed by atoms with E-state index in [1.807, 2.05) is 84.9 Å². The topological polar surface area (TPSA) is 92.5 Å². The molecule has 0 radical (unpaired) electrons. The summed E-state index contributed by atoms with van der Waals surface area (Å²) in [5.41, 5.74) is 11.6. The predicted molar refractivity (Wildman–Crippen MR) is 154 cm³/mol. The monoisotopic (exact) mass is 517 g/mol. The molecule has 6 nitrogen and oxygen atoms in total. The number of nitrogens with zero attached hydrogens (tertiary/aromatic N) is 1. The van der Waals surface area contributed by atoms with Gasteiger partial charge in [0.15, 0.2) is 0 Å². The van der Waals surface area contributed by atoms with Crippen molar-refractivity contribution >= 4 is 29.1 Å². The van der Waals surface area contributed by atoms with Crippen molar-refractivity contribution < 1.29 is 14.4 Å². The Morgan fingerprint density at radius 3 is 2.08 bits per heavy atom. The molecule has 4 aromatic rings. The van der Waals surface area contributed by atoms with Crippen LogP contribution in [0.25, 0.3) is 11.1 Å². The molecule has 1 heterocycles. The quantitative estimate of drug-likeness (QED) is 0.324. The van der Waals surface area contributed by atoms with Crippen LogP contribution in [0.5, 0.6) is 0 Å². The van der Waals surface area contributed by atoms with Gasteiger partial charge in [-0.1, -0.05) is 91.0 Å². The highest BCUT2D eigenvalue weighted by Gasteiger charge is 2.37. The van der Waals surface area contributed by atoms with E-state index in [1.54, 1.807) is 32.0 Å². The first-order valence-electron chi connectivity index (χ1n) is 13.1. The first-order chi connectivity index (χ1) is 18.9. The fourth-order valence-electron chi connectivity index (χ4n) is 5.35. The highest BCUT2D eigenvalue weighted by Crippen LogP contribution is 2.44. The molecule has 0 spiro atoms. The second-order valence-electron chi connectivity index (χ2n) is 9.93. The van der Waals surface area contributed by atoms with Crippen molar-refractivity contribution in [3.63, 3.8) is 0 Å². The lowest BCUT2D eigenvalue weighted by atomic mass is 9.88. The van der Waals surface area contributed by atoms with Gasteiger partial charge in [0.05, 0.1) is 11.6 Å². The number of nitrogens with one attached hydrogen (secondary N) is 1. The first kappa shape index (κ1) is 25.9. The van der Waals surface area contributed by atoms with Gasteiger partial charge in [0.2, 0.25) is 11.8 Å². The Bertz CT molecular complexity index is 1480. The molecule has 39 heavy (non-hydrogen) atoms. The molecule has 0 saturated carbocycles. The summed E-state index contributed by atoms with van der Waals surface area (Å²) in [6.07, 6.45) is 0.158. The predicted octanol–water partition coefficient (Wildman–Crippen LogP) is 5.64. The summed E-state index contributed by atoms with van der Waals surface area (Å²) in [6.45, 7) is 3.40. The van der Waals surface area contributed by atoms with Crippen molar-refractivity contribution in [1.29, 1.82) is 0 Å². The number of carbonyl (C=O) groups is 3. The van der Waals surface area contributed by atoms with E-state index in [-0.39, 0.29) is 24.2 Å². The van der Waals surface area contributed by atoms with Crippen LogP contribution in [0.3, 0.4) is 0 Å². The highest BCUT2D eigenvalue weighted by atomic mass is 16.2. The van der Waals surface area contributed by atoms with E-state index in [2.05, 4.69) is 5.32 Å². The van der Waals surface area contributed by atoms with Gasteiger partial charge in [-0.25, -0.2) is 4.90 Å². The molecular weight excluding hydrogens is 486 g/mol. The Hall–Kier alpha value is -4.71. The number of anilines is 2. The maximum atomic E-state index is 13.8. The third-order valence-corrected chi connectivity index (χ3v) is 7.36. The van der Waals surface area contributed by atoms with Crippen LogP contribution in [-0.4, -0.2) is 23.8 Å². The van der Waals surface area contributed by atoms with E-state index in [9.17, 15) is 14.4 Å². The molecule has 0 saturated heterocycles. The molecule has 5 rings (SSSR count). The van der Waals surface area contributed by atoms with E-state index in [1.165, 1.54) is 4.90 Å². The highest BCUT2D eigenvalue weighted by molar-refractivity contribution is 6.22. The van der Waals surface area contributed by atoms with Crippen LogP contribution in [0.2, 0.25) is 0 Å². The van der Waals surface area contributed by atoms with Gasteiger partial charge in [-0.05, 0) is 48.2 Å². The molecule has 1 aliphatic rings. The molecule has 196 valence electrons. The van der Waals surface area contributed by atoms with Crippen LogP contribution in [-0.2, 0) is 14.4 Å². The number of hydrogen-bond acceptors (Lipinski definition) is 4. The Kier molecular flexibility index (Phi) is 7.28. The van der Waals surface area contributed by atoms with Crippen molar-refractivity contribution in [2.45, 2.75) is 38.1 Å². The summed E-state index contributed by atoms with van der Waals surface area (Å²) in [4.78, 5) is 42.0. The number of fused-ring (bicyclic) bond motifs is 3. The van der Waals surface area contributed by atoms with Crippen molar-refractivity contribution in [3.05, 3.63) is 120 Å². The smallest absolute Gasteiger partial charge is 0.256 e. The number of carbonyl (C=O) groups excluding carboxylic acids is 3. The average molecular weight is 518 g/mol. The zero-order valence-electron chi connectivity index (χ0n) is 22.0. The van der Waals surface area contributed by atoms with Crippen molar-refractivity contribution in [2.75, 3.05) is 10.6 Å². The summed E-state index contributed by atoms with van der Waals surface area (Å²) in [5, 5.41) is 2.86. The molecule has 0 bridgehead atoms. The lowest BCUT2D eigenvalue weighted by Gasteiger charge is -2.27. The number of nitrogen functional groups attached to an aromatic ring is 1. The zero-order valence-corrected chi connectivity index (χ0v) is 22.0. The third-order valence-electron chi connectivity index (χ3n) is 7.36. The molecule has 0 aromatic heterocycles. The number of imide groups is 1. The van der Waals surface area contributed by atoms with E-state index in [0.717, 1.165) is 22.3 Å². The van der Waals surface area contributed by atoms with Gasteiger partial charge in [-0.3, -0.25) is 14.4 Å². The van der Waals surface area contributed by atoms with E-state index in [0.29, 0.717) is 16.9 Å². The second-order valence-corrected chi connectivity index (χ2v) is 9.93. The van der Waals surface area contributed by atoms with Gasteiger partial charge in [0, 0.05) is 23.6 Å². The summed E-state index contributed by atoms with van der Waals surface area (Å²) >= 11 is 0. The SMILES string of the molecule is CC1C(=O)N(C(=O)[C@H](C)NC(=O)CC(c2ccccc2)c2ccccc2)c2cccc(N)c2-c2ccccc21.